The van der Waals surface area contributed by atoms with Crippen molar-refractivity contribution in [3.8, 4) is 0 Å². The highest BCUT2D eigenvalue weighted by molar-refractivity contribution is 5.93. The topological polar surface area (TPSA) is 127 Å². The van der Waals surface area contributed by atoms with E-state index < -0.39 is 27.7 Å². The van der Waals surface area contributed by atoms with Crippen LogP contribution in [-0.2, 0) is 4.74 Å². The number of hydrogen-bond donors (Lipinski definition) is 1. The van der Waals surface area contributed by atoms with Crippen molar-refractivity contribution in [1.82, 2.24) is 14.3 Å². The number of nitrogens with zero attached hydrogens (tertiary/aromatic N) is 4. The summed E-state index contributed by atoms with van der Waals surface area (Å²) in [5, 5.41) is 20.3. The van der Waals surface area contributed by atoms with Crippen LogP contribution < -0.4 is 0 Å². The molecule has 0 saturated carbocycles. The minimum absolute atomic E-state index is 0.0749. The quantitative estimate of drug-likeness (QED) is 0.630. The molecule has 10 heteroatoms. The number of aromatic nitrogens is 2. The van der Waals surface area contributed by atoms with E-state index in [0.29, 0.717) is 31.6 Å². The number of likely N-dealkylation sites (tertiary alicyclic amines) is 1. The van der Waals surface area contributed by atoms with Gasteiger partial charge >= 0.3 is 12.1 Å². The number of nitro groups is 1. The third-order valence-electron chi connectivity index (χ3n) is 4.58. The summed E-state index contributed by atoms with van der Waals surface area (Å²) >= 11 is 0. The average Bonchev–Trinajstić information content (AvgIpc) is 3.02. The molecule has 2 aromatic rings. The fourth-order valence-electron chi connectivity index (χ4n) is 3.24. The van der Waals surface area contributed by atoms with E-state index in [4.69, 9.17) is 4.74 Å². The van der Waals surface area contributed by atoms with Crippen LogP contribution in [0.15, 0.2) is 18.5 Å². The van der Waals surface area contributed by atoms with E-state index in [-0.39, 0.29) is 12.0 Å². The molecule has 0 atom stereocenters. The monoisotopic (exact) mass is 390 g/mol. The lowest BCUT2D eigenvalue weighted by Gasteiger charge is -2.32. The summed E-state index contributed by atoms with van der Waals surface area (Å²) in [4.78, 5) is 40.0. The minimum atomic E-state index is -1.37. The van der Waals surface area contributed by atoms with Gasteiger partial charge in [0.1, 0.15) is 16.8 Å². The number of pyridine rings is 1. The molecule has 0 aliphatic carbocycles. The van der Waals surface area contributed by atoms with Gasteiger partial charge in [-0.05, 0) is 33.6 Å². The smallest absolute Gasteiger partial charge is 0.410 e. The molecular weight excluding hydrogens is 368 g/mol. The average molecular weight is 390 g/mol. The van der Waals surface area contributed by atoms with Crippen LogP contribution in [-0.4, -0.2) is 55.1 Å². The number of carboxylic acids is 1. The Hall–Kier alpha value is -3.17. The molecular formula is C18H22N4O6. The Kier molecular flexibility index (Phi) is 4.97. The lowest BCUT2D eigenvalue weighted by atomic mass is 9.94. The first-order valence-electron chi connectivity index (χ1n) is 8.93. The highest BCUT2D eigenvalue weighted by Gasteiger charge is 2.29. The summed E-state index contributed by atoms with van der Waals surface area (Å²) in [5.74, 6) is -1.30. The van der Waals surface area contributed by atoms with Crippen LogP contribution in [0.2, 0.25) is 0 Å². The number of carbonyl (C=O) groups is 2. The summed E-state index contributed by atoms with van der Waals surface area (Å²) in [6, 6.07) is 1.21. The maximum atomic E-state index is 12.2. The van der Waals surface area contributed by atoms with Gasteiger partial charge in [-0.1, -0.05) is 0 Å². The van der Waals surface area contributed by atoms with Crippen LogP contribution in [0, 0.1) is 10.1 Å². The maximum absolute atomic E-state index is 12.2. The fourth-order valence-corrected chi connectivity index (χ4v) is 3.24. The predicted molar refractivity (Wildman–Crippen MR) is 98.6 cm³/mol. The molecule has 1 aliphatic rings. The molecule has 1 N–H and O–H groups in total. The molecule has 2 aromatic heterocycles. The SMILES string of the molecule is CC(C)(C)OC(=O)N1CCC(c2cn3cc([N+](=O)[O-])c(C(=O)O)cc3n2)CC1. The van der Waals surface area contributed by atoms with Gasteiger partial charge in [-0.15, -0.1) is 0 Å². The molecule has 0 unspecified atom stereocenters. The van der Waals surface area contributed by atoms with Crippen LogP contribution in [0.25, 0.3) is 5.65 Å². The number of carboxylic acid groups (broad SMARTS) is 1. The molecule has 3 rings (SSSR count). The number of aromatic carboxylic acids is 1. The maximum Gasteiger partial charge on any atom is 0.410 e. The molecule has 28 heavy (non-hydrogen) atoms. The van der Waals surface area contributed by atoms with E-state index >= 15 is 0 Å². The first-order chi connectivity index (χ1) is 13.0. The van der Waals surface area contributed by atoms with Crippen molar-refractivity contribution in [1.29, 1.82) is 0 Å². The summed E-state index contributed by atoms with van der Waals surface area (Å²) in [6.45, 7) is 6.50. The second-order valence-electron chi connectivity index (χ2n) is 7.81. The number of carbonyl (C=O) groups excluding carboxylic acids is 1. The predicted octanol–water partition coefficient (Wildman–Crippen LogP) is 3.06. The Morgan fingerprint density at radius 3 is 2.46 bits per heavy atom. The van der Waals surface area contributed by atoms with Crippen molar-refractivity contribution in [3.05, 3.63) is 39.8 Å². The number of imidazole rings is 1. The van der Waals surface area contributed by atoms with E-state index in [2.05, 4.69) is 4.98 Å². The lowest BCUT2D eigenvalue weighted by molar-refractivity contribution is -0.385. The van der Waals surface area contributed by atoms with Crippen molar-refractivity contribution in [2.45, 2.75) is 45.1 Å². The summed E-state index contributed by atoms with van der Waals surface area (Å²) in [5.41, 5.74) is -0.363. The normalized spacial score (nSPS) is 15.6. The second-order valence-corrected chi connectivity index (χ2v) is 7.81. The molecule has 1 fully saturated rings. The van der Waals surface area contributed by atoms with Gasteiger partial charge in [-0.3, -0.25) is 14.5 Å². The molecule has 1 saturated heterocycles. The van der Waals surface area contributed by atoms with Gasteiger partial charge in [-0.2, -0.15) is 0 Å². The van der Waals surface area contributed by atoms with Gasteiger partial charge in [0.25, 0.3) is 5.69 Å². The Morgan fingerprint density at radius 2 is 1.93 bits per heavy atom. The number of ether oxygens (including phenoxy) is 1. The van der Waals surface area contributed by atoms with Gasteiger partial charge in [0, 0.05) is 31.3 Å². The number of amides is 1. The zero-order valence-electron chi connectivity index (χ0n) is 15.9. The van der Waals surface area contributed by atoms with Crippen molar-refractivity contribution >= 4 is 23.4 Å². The number of fused-ring (bicyclic) bond motifs is 1. The molecule has 0 spiro atoms. The lowest BCUT2D eigenvalue weighted by Crippen LogP contribution is -2.41. The summed E-state index contributed by atoms with van der Waals surface area (Å²) in [6.07, 6.45) is 3.86. The first kappa shape index (κ1) is 19.6. The van der Waals surface area contributed by atoms with Crippen molar-refractivity contribution in [2.75, 3.05) is 13.1 Å². The molecule has 3 heterocycles. The third kappa shape index (κ3) is 4.05. The van der Waals surface area contributed by atoms with Gasteiger partial charge in [0.2, 0.25) is 0 Å². The molecule has 1 amide bonds. The zero-order valence-corrected chi connectivity index (χ0v) is 15.9. The van der Waals surface area contributed by atoms with Crippen LogP contribution in [0.3, 0.4) is 0 Å². The minimum Gasteiger partial charge on any atom is -0.477 e. The van der Waals surface area contributed by atoms with Crippen LogP contribution >= 0.6 is 0 Å². The third-order valence-corrected chi connectivity index (χ3v) is 4.58. The Labute approximate surface area is 160 Å². The Bertz CT molecular complexity index is 886. The van der Waals surface area contributed by atoms with E-state index in [1.807, 2.05) is 20.8 Å². The largest absolute Gasteiger partial charge is 0.477 e. The van der Waals surface area contributed by atoms with Gasteiger partial charge < -0.3 is 14.7 Å². The van der Waals surface area contributed by atoms with Crippen molar-refractivity contribution in [3.63, 3.8) is 0 Å². The highest BCUT2D eigenvalue weighted by atomic mass is 16.6. The van der Waals surface area contributed by atoms with Crippen molar-refractivity contribution < 1.29 is 24.4 Å². The van der Waals surface area contributed by atoms with Crippen LogP contribution in [0.1, 0.15) is 55.6 Å². The van der Waals surface area contributed by atoms with E-state index in [1.54, 1.807) is 11.1 Å². The van der Waals surface area contributed by atoms with E-state index in [9.17, 15) is 24.8 Å². The summed E-state index contributed by atoms with van der Waals surface area (Å²) < 4.78 is 6.86. The molecule has 1 aliphatic heterocycles. The Balaban J connectivity index is 1.77. The van der Waals surface area contributed by atoms with Crippen LogP contribution in [0.4, 0.5) is 10.5 Å². The van der Waals surface area contributed by atoms with Crippen LogP contribution in [0.5, 0.6) is 0 Å². The Morgan fingerprint density at radius 1 is 1.29 bits per heavy atom. The molecule has 0 bridgehead atoms. The second kappa shape index (κ2) is 7.10. The first-order valence-corrected chi connectivity index (χ1v) is 8.93. The fraction of sp³-hybridized carbons (Fsp3) is 0.500. The molecule has 0 radical (unpaired) electrons. The molecule has 10 nitrogen and oxygen atoms in total. The molecule has 150 valence electrons. The van der Waals surface area contributed by atoms with Gasteiger partial charge in [0.15, 0.2) is 0 Å². The van der Waals surface area contributed by atoms with E-state index in [1.165, 1.54) is 16.7 Å². The summed E-state index contributed by atoms with van der Waals surface area (Å²) in [7, 11) is 0. The standard InChI is InChI=1S/C18H22N4O6/c1-18(2,3)28-17(25)20-6-4-11(5-7-20)13-9-21-10-14(22(26)27)12(16(23)24)8-15(21)19-13/h8-11H,4-7H2,1-3H3,(H,23,24). The van der Waals surface area contributed by atoms with E-state index in [0.717, 1.165) is 5.69 Å². The van der Waals surface area contributed by atoms with Gasteiger partial charge in [0.05, 0.1) is 16.8 Å². The zero-order chi connectivity index (χ0) is 20.6. The highest BCUT2D eigenvalue weighted by Crippen LogP contribution is 2.29. The number of piperidine rings is 1. The molecule has 0 aromatic carbocycles. The number of hydrogen-bond acceptors (Lipinski definition) is 6. The number of rotatable bonds is 3. The van der Waals surface area contributed by atoms with Crippen molar-refractivity contribution in [2.24, 2.45) is 0 Å². The van der Waals surface area contributed by atoms with Gasteiger partial charge in [-0.25, -0.2) is 14.6 Å².